The molecule has 2 atom stereocenters. The van der Waals surface area contributed by atoms with Crippen molar-refractivity contribution >= 4 is 35.7 Å². The van der Waals surface area contributed by atoms with Crippen LogP contribution >= 0.6 is 24.8 Å². The second-order valence-electron chi connectivity index (χ2n) is 8.87. The number of rotatable bonds is 4. The van der Waals surface area contributed by atoms with Gasteiger partial charge < -0.3 is 20.6 Å². The zero-order valence-electron chi connectivity index (χ0n) is 18.4. The number of phenolic OH excluding ortho intramolecular Hbond substituents is 1. The number of hydrogen-bond acceptors (Lipinski definition) is 4. The Bertz CT molecular complexity index is 1050. The molecule has 5 nitrogen and oxygen atoms in total. The smallest absolute Gasteiger partial charge is 0.122 e. The van der Waals surface area contributed by atoms with Gasteiger partial charge in [-0.2, -0.15) is 0 Å². The van der Waals surface area contributed by atoms with E-state index in [-0.39, 0.29) is 37.0 Å². The lowest BCUT2D eigenvalue weighted by atomic mass is 9.83. The van der Waals surface area contributed by atoms with Crippen LogP contribution in [0.15, 0.2) is 42.6 Å². The van der Waals surface area contributed by atoms with Crippen LogP contribution in [-0.2, 0) is 17.7 Å². The largest absolute Gasteiger partial charge is 0.507 e. The number of H-pyrrole nitrogens is 1. The zero-order chi connectivity index (χ0) is 20.7. The maximum atomic E-state index is 10.6. The molecule has 2 aliphatic rings. The van der Waals surface area contributed by atoms with Crippen molar-refractivity contribution in [2.45, 2.75) is 44.9 Å². The average molecular weight is 478 g/mol. The first-order valence-electron chi connectivity index (χ1n) is 11.1. The Morgan fingerprint density at radius 3 is 2.62 bits per heavy atom. The van der Waals surface area contributed by atoms with Crippen molar-refractivity contribution < 1.29 is 9.84 Å². The van der Waals surface area contributed by atoms with Gasteiger partial charge in [-0.25, -0.2) is 0 Å². The number of nitrogens with two attached hydrogens (primary N) is 1. The standard InChI is InChI=1S/C25H31N3O2.2ClH/c1-16-6-7-20-21(25(16)29)12-23(30-24(20)13-26)17-8-10-28(11-9-17)15-18-14-27-22-5-3-2-4-19(18)22;;/h2-7,14,17,23-24,27,29H,8-13,15,26H2,1H3;2*1H/t23-,24-;;/m0../s1. The number of phenols is 1. The van der Waals surface area contributed by atoms with Gasteiger partial charge in [0.1, 0.15) is 5.75 Å². The minimum absolute atomic E-state index is 0. The summed E-state index contributed by atoms with van der Waals surface area (Å²) in [5, 5.41) is 12.0. The molecule has 174 valence electrons. The first-order valence-corrected chi connectivity index (χ1v) is 11.1. The Kier molecular flexibility index (Phi) is 8.12. The predicted octanol–water partition coefficient (Wildman–Crippen LogP) is 4.88. The molecule has 1 fully saturated rings. The number of halogens is 2. The van der Waals surface area contributed by atoms with Gasteiger partial charge in [0, 0.05) is 42.2 Å². The summed E-state index contributed by atoms with van der Waals surface area (Å²) in [6, 6.07) is 12.5. The Labute approximate surface area is 202 Å². The molecule has 2 aromatic carbocycles. The molecule has 3 aromatic rings. The molecule has 0 saturated carbocycles. The summed E-state index contributed by atoms with van der Waals surface area (Å²) in [4.78, 5) is 5.93. The Balaban J connectivity index is 0.00000144. The number of nitrogens with zero attached hydrogens (tertiary/aromatic N) is 1. The SMILES string of the molecule is Cc1ccc2c(c1O)C[C@@H](C1CCN(Cc3c[nH]c4ccccc34)CC1)O[C@H]2CN.Cl.Cl. The summed E-state index contributed by atoms with van der Waals surface area (Å²) in [6.07, 6.45) is 5.18. The molecule has 4 N–H and O–H groups in total. The number of aromatic hydroxyl groups is 1. The van der Waals surface area contributed by atoms with Crippen LogP contribution in [0.2, 0.25) is 0 Å². The van der Waals surface area contributed by atoms with E-state index < -0.39 is 0 Å². The first-order chi connectivity index (χ1) is 14.6. The normalized spacial score (nSPS) is 21.6. The Morgan fingerprint density at radius 2 is 1.88 bits per heavy atom. The quantitative estimate of drug-likeness (QED) is 0.500. The molecule has 0 unspecified atom stereocenters. The highest BCUT2D eigenvalue weighted by Crippen LogP contribution is 2.40. The maximum Gasteiger partial charge on any atom is 0.122 e. The number of aromatic amines is 1. The van der Waals surface area contributed by atoms with Crippen LogP contribution in [-0.4, -0.2) is 40.7 Å². The highest BCUT2D eigenvalue weighted by molar-refractivity contribution is 5.85. The molecule has 0 spiro atoms. The Morgan fingerprint density at radius 1 is 1.12 bits per heavy atom. The van der Waals surface area contributed by atoms with E-state index in [0.717, 1.165) is 55.6 Å². The Hall–Kier alpha value is -1.76. The number of hydrogen-bond donors (Lipinski definition) is 3. The van der Waals surface area contributed by atoms with Gasteiger partial charge in [0.25, 0.3) is 0 Å². The van der Waals surface area contributed by atoms with E-state index in [0.29, 0.717) is 18.2 Å². The third-order valence-corrected chi connectivity index (χ3v) is 7.05. The molecule has 0 bridgehead atoms. The lowest BCUT2D eigenvalue weighted by Gasteiger charge is -2.40. The molecular formula is C25H33Cl2N3O2. The summed E-state index contributed by atoms with van der Waals surface area (Å²) in [5.74, 6) is 0.933. The van der Waals surface area contributed by atoms with Gasteiger partial charge in [-0.05, 0) is 61.5 Å². The number of benzene rings is 2. The molecule has 2 aliphatic heterocycles. The fraction of sp³-hybridized carbons (Fsp3) is 0.440. The molecule has 32 heavy (non-hydrogen) atoms. The number of fused-ring (bicyclic) bond motifs is 2. The van der Waals surface area contributed by atoms with Crippen molar-refractivity contribution in [1.82, 2.24) is 9.88 Å². The monoisotopic (exact) mass is 477 g/mol. The second-order valence-corrected chi connectivity index (χ2v) is 8.87. The lowest BCUT2D eigenvalue weighted by molar-refractivity contribution is -0.0651. The molecule has 0 radical (unpaired) electrons. The van der Waals surface area contributed by atoms with Gasteiger partial charge in [0.2, 0.25) is 0 Å². The second kappa shape index (κ2) is 10.4. The van der Waals surface area contributed by atoms with Crippen molar-refractivity contribution in [3.05, 3.63) is 64.8 Å². The first kappa shape index (κ1) is 24.9. The maximum absolute atomic E-state index is 10.6. The van der Waals surface area contributed by atoms with Gasteiger partial charge in [-0.3, -0.25) is 4.90 Å². The summed E-state index contributed by atoms with van der Waals surface area (Å²) < 4.78 is 6.44. The van der Waals surface area contributed by atoms with Crippen molar-refractivity contribution in [1.29, 1.82) is 0 Å². The number of ether oxygens (including phenoxy) is 1. The van der Waals surface area contributed by atoms with Crippen molar-refractivity contribution in [3.63, 3.8) is 0 Å². The van der Waals surface area contributed by atoms with E-state index in [1.54, 1.807) is 0 Å². The van der Waals surface area contributed by atoms with Crippen LogP contribution in [0.3, 0.4) is 0 Å². The number of aryl methyl sites for hydroxylation is 1. The molecule has 0 aliphatic carbocycles. The summed E-state index contributed by atoms with van der Waals surface area (Å²) in [5.41, 5.74) is 11.6. The van der Waals surface area contributed by atoms with Crippen molar-refractivity contribution in [2.24, 2.45) is 11.7 Å². The van der Waals surface area contributed by atoms with Crippen LogP contribution in [0.1, 0.15) is 41.2 Å². The van der Waals surface area contributed by atoms with Gasteiger partial charge in [0.15, 0.2) is 0 Å². The summed E-state index contributed by atoms with van der Waals surface area (Å²) in [6.45, 7) is 5.54. The average Bonchev–Trinajstić information content (AvgIpc) is 3.19. The highest BCUT2D eigenvalue weighted by atomic mass is 35.5. The molecule has 0 amide bonds. The van der Waals surface area contributed by atoms with E-state index in [2.05, 4.69) is 46.4 Å². The number of nitrogens with one attached hydrogen (secondary N) is 1. The fourth-order valence-electron chi connectivity index (χ4n) is 5.27. The molecular weight excluding hydrogens is 445 g/mol. The van der Waals surface area contributed by atoms with E-state index in [1.165, 1.54) is 16.5 Å². The molecule has 1 saturated heterocycles. The third-order valence-electron chi connectivity index (χ3n) is 7.05. The van der Waals surface area contributed by atoms with Crippen molar-refractivity contribution in [2.75, 3.05) is 19.6 Å². The lowest BCUT2D eigenvalue weighted by Crippen LogP contribution is -2.41. The van der Waals surface area contributed by atoms with Gasteiger partial charge >= 0.3 is 0 Å². The van der Waals surface area contributed by atoms with Gasteiger partial charge in [0.05, 0.1) is 12.2 Å². The summed E-state index contributed by atoms with van der Waals surface area (Å²) >= 11 is 0. The van der Waals surface area contributed by atoms with Crippen LogP contribution in [0.5, 0.6) is 5.75 Å². The molecule has 3 heterocycles. The van der Waals surface area contributed by atoms with Crippen LogP contribution in [0, 0.1) is 12.8 Å². The minimum Gasteiger partial charge on any atom is -0.507 e. The highest BCUT2D eigenvalue weighted by Gasteiger charge is 2.35. The predicted molar refractivity (Wildman–Crippen MR) is 134 cm³/mol. The molecule has 7 heteroatoms. The minimum atomic E-state index is -0.116. The molecule has 1 aromatic heterocycles. The van der Waals surface area contributed by atoms with E-state index in [4.69, 9.17) is 10.5 Å². The zero-order valence-corrected chi connectivity index (χ0v) is 20.1. The van der Waals surface area contributed by atoms with Crippen LogP contribution in [0.4, 0.5) is 0 Å². The number of likely N-dealkylation sites (tertiary alicyclic amines) is 1. The third kappa shape index (κ3) is 4.63. The van der Waals surface area contributed by atoms with Crippen LogP contribution < -0.4 is 5.73 Å². The number of aromatic nitrogens is 1. The number of piperidine rings is 1. The fourth-order valence-corrected chi connectivity index (χ4v) is 5.27. The van der Waals surface area contributed by atoms with Crippen molar-refractivity contribution in [3.8, 4) is 5.75 Å². The van der Waals surface area contributed by atoms with E-state index in [9.17, 15) is 5.11 Å². The molecule has 5 rings (SSSR count). The van der Waals surface area contributed by atoms with Crippen LogP contribution in [0.25, 0.3) is 10.9 Å². The summed E-state index contributed by atoms with van der Waals surface area (Å²) in [7, 11) is 0. The van der Waals surface area contributed by atoms with E-state index >= 15 is 0 Å². The van der Waals surface area contributed by atoms with E-state index in [1.807, 2.05) is 13.0 Å². The topological polar surface area (TPSA) is 74.5 Å². The number of para-hydroxylation sites is 1. The van der Waals surface area contributed by atoms with Gasteiger partial charge in [-0.15, -0.1) is 24.8 Å². The van der Waals surface area contributed by atoms with Gasteiger partial charge in [-0.1, -0.05) is 30.3 Å².